The number of fused-ring (bicyclic) bond motifs is 2. The van der Waals surface area contributed by atoms with Crippen molar-refractivity contribution in [2.45, 2.75) is 27.7 Å². The SMILES string of the molecule is C=CC(=O)Nc1cc2c(Nc3cccc(C)c3F)ncnc2cc1C#CC.[3H]C(=O)Nc1cc2c(Nc3cccc(C)c3F)ncnc2cc1C#CC. The zero-order valence-electron chi connectivity index (χ0n) is 29.6. The minimum Gasteiger partial charge on any atom is -0.337 e. The maximum atomic E-state index is 14.4. The zero-order chi connectivity index (χ0) is 38.1. The quantitative estimate of drug-likeness (QED) is 0.0748. The largest absolute Gasteiger partial charge is 0.337 e. The van der Waals surface area contributed by atoms with Crippen LogP contribution in [0.15, 0.2) is 86.0 Å². The molecule has 4 N–H and O–H groups in total. The van der Waals surface area contributed by atoms with Crippen LogP contribution in [-0.4, -0.2) is 32.2 Å². The second-order valence-electron chi connectivity index (χ2n) is 11.1. The monoisotopic (exact) mass is 696 g/mol. The second-order valence-corrected chi connectivity index (χ2v) is 11.1. The van der Waals surface area contributed by atoms with Gasteiger partial charge in [-0.15, -0.1) is 11.8 Å². The van der Waals surface area contributed by atoms with E-state index in [4.69, 9.17) is 1.37 Å². The summed E-state index contributed by atoms with van der Waals surface area (Å²) >= 11 is 0. The van der Waals surface area contributed by atoms with E-state index in [0.29, 0.717) is 72.8 Å². The van der Waals surface area contributed by atoms with Gasteiger partial charge >= 0.3 is 0 Å². The summed E-state index contributed by atoms with van der Waals surface area (Å²) in [4.78, 5) is 39.8. The minimum atomic E-state index is -0.959. The van der Waals surface area contributed by atoms with Gasteiger partial charge < -0.3 is 21.3 Å². The van der Waals surface area contributed by atoms with Gasteiger partial charge in [-0.1, -0.05) is 42.7 Å². The van der Waals surface area contributed by atoms with E-state index in [1.807, 2.05) is 0 Å². The lowest BCUT2D eigenvalue weighted by Gasteiger charge is -2.12. The molecular formula is C40H32F2N8O2. The van der Waals surface area contributed by atoms with Gasteiger partial charge in [0.2, 0.25) is 12.3 Å². The normalized spacial score (nSPS) is 10.3. The Morgan fingerprint density at radius 3 is 1.69 bits per heavy atom. The van der Waals surface area contributed by atoms with Crippen LogP contribution in [0.5, 0.6) is 0 Å². The zero-order valence-corrected chi connectivity index (χ0v) is 28.6. The summed E-state index contributed by atoms with van der Waals surface area (Å²) in [5, 5.41) is 12.3. The Balaban J connectivity index is 0.000000204. The molecule has 2 aromatic heterocycles. The molecule has 0 spiro atoms. The molecule has 0 radical (unpaired) electrons. The number of benzene rings is 4. The van der Waals surface area contributed by atoms with Crippen molar-refractivity contribution in [3.05, 3.63) is 120 Å². The molecule has 258 valence electrons. The number of rotatable bonds is 7. The van der Waals surface area contributed by atoms with Crippen LogP contribution < -0.4 is 21.3 Å². The topological polar surface area (TPSA) is 134 Å². The number of halogens is 2. The summed E-state index contributed by atoms with van der Waals surface area (Å²) in [6, 6.07) is 16.9. The van der Waals surface area contributed by atoms with Crippen LogP contribution in [0.3, 0.4) is 0 Å². The average molecular weight is 697 g/mol. The highest BCUT2D eigenvalue weighted by atomic mass is 19.1. The Morgan fingerprint density at radius 1 is 0.750 bits per heavy atom. The second kappa shape index (κ2) is 16.5. The maximum Gasteiger partial charge on any atom is 0.247 e. The van der Waals surface area contributed by atoms with Gasteiger partial charge in [0.25, 0.3) is 0 Å². The lowest BCUT2D eigenvalue weighted by atomic mass is 10.1. The highest BCUT2D eigenvalue weighted by Gasteiger charge is 2.14. The van der Waals surface area contributed by atoms with Crippen LogP contribution >= 0.6 is 0 Å². The first kappa shape index (κ1) is 34.7. The molecule has 0 aliphatic carbocycles. The summed E-state index contributed by atoms with van der Waals surface area (Å²) in [7, 11) is 0. The highest BCUT2D eigenvalue weighted by molar-refractivity contribution is 6.03. The first-order valence-corrected chi connectivity index (χ1v) is 15.7. The third-order valence-electron chi connectivity index (χ3n) is 7.59. The molecule has 6 rings (SSSR count). The number of hydrogen-bond acceptors (Lipinski definition) is 8. The fourth-order valence-electron chi connectivity index (χ4n) is 5.07. The van der Waals surface area contributed by atoms with Crippen LogP contribution in [0, 0.1) is 49.2 Å². The molecule has 6 aromatic rings. The van der Waals surface area contributed by atoms with Crippen molar-refractivity contribution in [2.75, 3.05) is 21.3 Å². The van der Waals surface area contributed by atoms with Crippen molar-refractivity contribution >= 4 is 68.5 Å². The highest BCUT2D eigenvalue weighted by Crippen LogP contribution is 2.31. The van der Waals surface area contributed by atoms with Crippen molar-refractivity contribution < 1.29 is 19.7 Å². The third-order valence-corrected chi connectivity index (χ3v) is 7.59. The maximum absolute atomic E-state index is 14.4. The summed E-state index contributed by atoms with van der Waals surface area (Å²) in [6.07, 6.45) is 2.98. The Morgan fingerprint density at radius 2 is 1.23 bits per heavy atom. The number of nitrogens with one attached hydrogen (secondary N) is 4. The van der Waals surface area contributed by atoms with Gasteiger partial charge in [0.1, 0.15) is 37.3 Å². The molecule has 12 heteroatoms. The van der Waals surface area contributed by atoms with Crippen molar-refractivity contribution in [1.82, 2.24) is 19.9 Å². The molecule has 2 heterocycles. The van der Waals surface area contributed by atoms with Crippen LogP contribution in [0.4, 0.5) is 43.2 Å². The Kier molecular flexibility index (Phi) is 11.0. The van der Waals surface area contributed by atoms with Gasteiger partial charge in [-0.05, 0) is 81.3 Å². The van der Waals surface area contributed by atoms with Crippen molar-refractivity contribution in [1.29, 1.82) is 0 Å². The third kappa shape index (κ3) is 8.16. The summed E-state index contributed by atoms with van der Waals surface area (Å²) in [5.41, 5.74) is 4.86. The molecule has 0 unspecified atom stereocenters. The van der Waals surface area contributed by atoms with Crippen LogP contribution in [-0.2, 0) is 9.59 Å². The fourth-order valence-corrected chi connectivity index (χ4v) is 5.07. The van der Waals surface area contributed by atoms with E-state index < -0.39 is 6.39 Å². The number of nitrogens with zero attached hydrogens (tertiary/aromatic N) is 4. The molecule has 0 bridgehead atoms. The number of carbonyl (C=O) groups is 2. The van der Waals surface area contributed by atoms with E-state index in [1.54, 1.807) is 88.4 Å². The fraction of sp³-hybridized carbons (Fsp3) is 0.100. The molecule has 0 saturated carbocycles. The smallest absolute Gasteiger partial charge is 0.247 e. The number of amides is 2. The Bertz CT molecular complexity index is 2540. The number of anilines is 6. The lowest BCUT2D eigenvalue weighted by Crippen LogP contribution is -2.09. The van der Waals surface area contributed by atoms with E-state index in [2.05, 4.69) is 71.5 Å². The summed E-state index contributed by atoms with van der Waals surface area (Å²) in [5.74, 6) is 11.1. The van der Waals surface area contributed by atoms with Gasteiger partial charge in [0, 0.05) is 10.8 Å². The molecule has 4 aromatic carbocycles. The molecule has 0 aliphatic heterocycles. The molecular weight excluding hydrogens is 662 g/mol. The Labute approximate surface area is 300 Å². The van der Waals surface area contributed by atoms with E-state index in [-0.39, 0.29) is 23.2 Å². The van der Waals surface area contributed by atoms with Gasteiger partial charge in [0.15, 0.2) is 0 Å². The van der Waals surface area contributed by atoms with E-state index in [9.17, 15) is 18.4 Å². The predicted octanol–water partition coefficient (Wildman–Crippen LogP) is 8.08. The van der Waals surface area contributed by atoms with E-state index in [0.717, 1.165) is 0 Å². The standard InChI is InChI=1S/C21H17FN4O.C19H15FN4O/c1-4-7-14-10-18-15(11-17(14)25-19(27)5-2)21(24-12-23-18)26-16-9-6-8-13(3)20(16)22;1-3-5-13-8-17-14(9-16(13)23-11-25)19(22-10-21-17)24-15-7-4-6-12(2)18(15)20/h5-6,8-12H,2H2,1,3H3,(H,25,27)(H,23,24,26);4,6-11H,1-2H3,(H,23,25)(H,21,22,24)/i;11T. The predicted molar refractivity (Wildman–Crippen MR) is 202 cm³/mol. The number of hydrogen-bond donors (Lipinski definition) is 4. The van der Waals surface area contributed by atoms with Crippen molar-refractivity contribution in [2.24, 2.45) is 0 Å². The number of aryl methyl sites for hydroxylation is 2. The van der Waals surface area contributed by atoms with Gasteiger partial charge in [-0.25, -0.2) is 28.7 Å². The molecule has 0 saturated heterocycles. The van der Waals surface area contributed by atoms with Crippen molar-refractivity contribution in [3.8, 4) is 23.7 Å². The van der Waals surface area contributed by atoms with E-state index in [1.165, 1.54) is 18.7 Å². The lowest BCUT2D eigenvalue weighted by molar-refractivity contribution is -0.112. The Hall–Kier alpha value is -7.18. The van der Waals surface area contributed by atoms with E-state index >= 15 is 0 Å². The summed E-state index contributed by atoms with van der Waals surface area (Å²) < 4.78 is 35.8. The van der Waals surface area contributed by atoms with Crippen LogP contribution in [0.25, 0.3) is 21.8 Å². The summed E-state index contributed by atoms with van der Waals surface area (Å²) in [6.45, 7) is 10.2. The first-order valence-electron chi connectivity index (χ1n) is 16.2. The molecule has 0 fully saturated rings. The average Bonchev–Trinajstić information content (AvgIpc) is 3.13. The molecule has 10 nitrogen and oxygen atoms in total. The van der Waals surface area contributed by atoms with Gasteiger partial charge in [0.05, 0.1) is 44.9 Å². The molecule has 52 heavy (non-hydrogen) atoms. The number of aromatic nitrogens is 4. The minimum absolute atomic E-state index is 0.286. The molecule has 2 amide bonds. The molecule has 0 atom stereocenters. The first-order chi connectivity index (χ1) is 25.5. The van der Waals surface area contributed by atoms with Gasteiger partial charge in [-0.3, -0.25) is 9.59 Å². The van der Waals surface area contributed by atoms with Gasteiger partial charge in [-0.2, -0.15) is 0 Å². The number of carbonyl (C=O) groups excluding carboxylic acids is 2. The van der Waals surface area contributed by atoms with Crippen molar-refractivity contribution in [3.63, 3.8) is 0 Å². The molecule has 0 aliphatic rings. The van der Waals surface area contributed by atoms with Crippen LogP contribution in [0.1, 0.15) is 37.5 Å². The van der Waals surface area contributed by atoms with Crippen LogP contribution in [0.2, 0.25) is 0 Å².